The Balaban J connectivity index is 0.000000289. The van der Waals surface area contributed by atoms with E-state index in [9.17, 15) is 53.7 Å². The number of hydrogen-bond donors (Lipinski definition) is 9. The zero-order valence-corrected chi connectivity index (χ0v) is 47.8. The lowest BCUT2D eigenvalue weighted by atomic mass is 9.80. The van der Waals surface area contributed by atoms with Gasteiger partial charge in [-0.05, 0) is 49.7 Å². The number of aliphatic carboxylic acids is 1. The van der Waals surface area contributed by atoms with Crippen molar-refractivity contribution in [2.24, 2.45) is 5.73 Å². The van der Waals surface area contributed by atoms with Gasteiger partial charge >= 0.3 is 30.0 Å². The van der Waals surface area contributed by atoms with Crippen LogP contribution in [-0.4, -0.2) is 187 Å². The van der Waals surface area contributed by atoms with Gasteiger partial charge in [0, 0.05) is 45.1 Å². The van der Waals surface area contributed by atoms with Crippen LogP contribution < -0.4 is 32.3 Å². The van der Waals surface area contributed by atoms with E-state index in [1.165, 1.54) is 14.2 Å². The van der Waals surface area contributed by atoms with Crippen molar-refractivity contribution in [3.8, 4) is 0 Å². The normalized spacial score (nSPS) is 18.8. The number of carbonyl (C=O) groups excluding carboxylic acids is 7. The van der Waals surface area contributed by atoms with Crippen molar-refractivity contribution >= 4 is 47.7 Å². The first kappa shape index (κ1) is 67.1. The molecule has 6 atom stereocenters. The number of amides is 7. The minimum atomic E-state index is -1.60. The molecular formula is C58H90N8O15. The van der Waals surface area contributed by atoms with E-state index in [2.05, 4.69) is 26.6 Å². The van der Waals surface area contributed by atoms with Gasteiger partial charge < -0.3 is 76.4 Å². The average Bonchev–Trinajstić information content (AvgIpc) is 3.53. The van der Waals surface area contributed by atoms with Crippen LogP contribution >= 0.6 is 0 Å². The monoisotopic (exact) mass is 1140 g/mol. The fourth-order valence-corrected chi connectivity index (χ4v) is 10.1. The summed E-state index contributed by atoms with van der Waals surface area (Å²) in [6.45, 7) is 7.88. The molecule has 2 aromatic rings. The summed E-state index contributed by atoms with van der Waals surface area (Å²) in [5.41, 5.74) is 5.32. The quantitative estimate of drug-likeness (QED) is 0.0722. The number of urea groups is 2. The third-order valence-corrected chi connectivity index (χ3v) is 15.1. The maximum absolute atomic E-state index is 13.8. The van der Waals surface area contributed by atoms with Gasteiger partial charge in [-0.15, -0.1) is 0 Å². The molecule has 2 heterocycles. The summed E-state index contributed by atoms with van der Waals surface area (Å²) in [5.74, 6) is -3.94. The van der Waals surface area contributed by atoms with Crippen LogP contribution in [0, 0.1) is 0 Å². The van der Waals surface area contributed by atoms with E-state index < -0.39 is 83.1 Å². The Labute approximate surface area is 476 Å². The summed E-state index contributed by atoms with van der Waals surface area (Å²) in [6, 6.07) is 14.4. The highest BCUT2D eigenvalue weighted by atomic mass is 16.5. The van der Waals surface area contributed by atoms with E-state index in [-0.39, 0.29) is 24.9 Å². The molecule has 4 fully saturated rings. The number of rotatable bonds is 23. The number of nitrogens with one attached hydrogen (secondary N) is 5. The third kappa shape index (κ3) is 21.8. The molecular weight excluding hydrogens is 1050 g/mol. The summed E-state index contributed by atoms with van der Waals surface area (Å²) in [7, 11) is 2.50. The van der Waals surface area contributed by atoms with Crippen LogP contribution in [0.2, 0.25) is 0 Å². The van der Waals surface area contributed by atoms with Crippen LogP contribution in [0.4, 0.5) is 9.59 Å². The highest BCUT2D eigenvalue weighted by Crippen LogP contribution is 2.30. The Kier molecular flexibility index (Phi) is 29.4. The number of aliphatic hydroxyl groups is 2. The van der Waals surface area contributed by atoms with Crippen LogP contribution in [0.25, 0.3) is 0 Å². The molecule has 0 spiro atoms. The molecule has 0 unspecified atom stereocenters. The number of hydrogen-bond acceptors (Lipinski definition) is 15. The van der Waals surface area contributed by atoms with Crippen molar-refractivity contribution < 1.29 is 72.6 Å². The molecule has 10 N–H and O–H groups in total. The summed E-state index contributed by atoms with van der Waals surface area (Å²) >= 11 is 0. The standard InChI is InChI=1S/C29H44N4O7.C17H26N2O4.C12H20N2O4/c1-3-4-13-22(24(34)25(35)30-23(26(36)39-2)20-21-11-7-5-8-12-21)31-27(37)29(14-9-6-10-15-29)32-28(38)33-16-18-40-19-17-33;1-3-4-10-13(18)15(20)16(21)19-14(17(22)23-2)11-12-8-6-5-7-9-12;15-10(16)12(4-2-1-3-5-12)13-11(17)14-6-8-18-9-7-14/h5,7-8,11-12,22-24,34H,3-4,6,9-10,13-20H2,1-2H3,(H,30,35)(H,31,37)(H,32,38);5-9,13-15,20H,3-4,10-11,18H2,1-2H3,(H,19,21);1-9H2,(H,13,17)(H,15,16)/t22-,23-,24-;13-,14-,15-;/m00./s1. The van der Waals surface area contributed by atoms with Crippen LogP contribution in [0.1, 0.15) is 128 Å². The lowest BCUT2D eigenvalue weighted by Crippen LogP contribution is -2.65. The molecule has 0 radical (unpaired) electrons. The van der Waals surface area contributed by atoms with Crippen molar-refractivity contribution in [2.45, 2.75) is 177 Å². The summed E-state index contributed by atoms with van der Waals surface area (Å²) in [6.07, 6.45) is 8.91. The third-order valence-electron chi connectivity index (χ3n) is 15.1. The molecule has 452 valence electrons. The highest BCUT2D eigenvalue weighted by molar-refractivity contribution is 5.93. The number of carboxylic acids is 1. The predicted molar refractivity (Wildman–Crippen MR) is 300 cm³/mol. The molecule has 4 aliphatic rings. The van der Waals surface area contributed by atoms with Crippen LogP contribution in [0.15, 0.2) is 60.7 Å². The van der Waals surface area contributed by atoms with Gasteiger partial charge in [-0.3, -0.25) is 14.4 Å². The summed E-state index contributed by atoms with van der Waals surface area (Å²) in [4.78, 5) is 103. The lowest BCUT2D eigenvalue weighted by Gasteiger charge is -2.40. The van der Waals surface area contributed by atoms with Gasteiger partial charge in [0.15, 0.2) is 6.10 Å². The zero-order chi connectivity index (χ0) is 59.2. The van der Waals surface area contributed by atoms with E-state index in [1.54, 1.807) is 9.80 Å². The number of benzene rings is 2. The van der Waals surface area contributed by atoms with E-state index in [4.69, 9.17) is 24.7 Å². The minimum absolute atomic E-state index is 0.189. The first-order valence-corrected chi connectivity index (χ1v) is 28.7. The van der Waals surface area contributed by atoms with E-state index in [1.807, 2.05) is 74.5 Å². The molecule has 23 heteroatoms. The number of methoxy groups -OCH3 is 2. The topological polar surface area (TPSA) is 327 Å². The smallest absolute Gasteiger partial charge is 0.329 e. The number of ether oxygens (including phenoxy) is 4. The fraction of sp³-hybridized carbons (Fsp3) is 0.655. The Hall–Kier alpha value is -6.40. The van der Waals surface area contributed by atoms with Crippen molar-refractivity contribution in [3.05, 3.63) is 71.8 Å². The minimum Gasteiger partial charge on any atom is -0.480 e. The van der Waals surface area contributed by atoms with Crippen LogP contribution in [-0.2, 0) is 60.6 Å². The largest absolute Gasteiger partial charge is 0.480 e. The van der Waals surface area contributed by atoms with Crippen LogP contribution in [0.3, 0.4) is 0 Å². The van der Waals surface area contributed by atoms with E-state index in [0.29, 0.717) is 97.6 Å². The summed E-state index contributed by atoms with van der Waals surface area (Å²) in [5, 5.41) is 44.2. The molecule has 2 aliphatic heterocycles. The predicted octanol–water partition coefficient (Wildman–Crippen LogP) is 3.25. The molecule has 81 heavy (non-hydrogen) atoms. The SMILES string of the molecule is CCCC[C@H](N)[C@H](O)C(=O)N[C@@H](Cc1ccccc1)C(=O)OC.CCCC[C@H](NC(=O)C1(NC(=O)N2CCOCC2)CCCCC1)[C@H](O)C(=O)N[C@@H](Cc1ccccc1)C(=O)OC.O=C(NC1(C(=O)O)CCCCC1)N1CCOCC1. The van der Waals surface area contributed by atoms with Gasteiger partial charge in [0.05, 0.1) is 46.7 Å². The second-order valence-corrected chi connectivity index (χ2v) is 21.1. The van der Waals surface area contributed by atoms with E-state index >= 15 is 0 Å². The first-order valence-electron chi connectivity index (χ1n) is 28.7. The van der Waals surface area contributed by atoms with Crippen molar-refractivity contribution in [1.82, 2.24) is 36.4 Å². The molecule has 23 nitrogen and oxygen atoms in total. The van der Waals surface area contributed by atoms with Crippen LogP contribution in [0.5, 0.6) is 0 Å². The summed E-state index contributed by atoms with van der Waals surface area (Å²) < 4.78 is 20.1. The Morgan fingerprint density at radius 1 is 0.580 bits per heavy atom. The highest BCUT2D eigenvalue weighted by Gasteiger charge is 2.45. The van der Waals surface area contributed by atoms with Gasteiger partial charge in [0.25, 0.3) is 11.8 Å². The lowest BCUT2D eigenvalue weighted by molar-refractivity contribution is -0.147. The molecule has 2 saturated carbocycles. The molecule has 0 bridgehead atoms. The first-order chi connectivity index (χ1) is 38.9. The maximum Gasteiger partial charge on any atom is 0.329 e. The number of unbranched alkanes of at least 4 members (excludes halogenated alkanes) is 2. The van der Waals surface area contributed by atoms with Crippen molar-refractivity contribution in [1.29, 1.82) is 0 Å². The molecule has 2 aromatic carbocycles. The number of nitrogens with zero attached hydrogens (tertiary/aromatic N) is 2. The van der Waals surface area contributed by atoms with Gasteiger partial charge in [-0.1, -0.05) is 139 Å². The number of esters is 2. The average molecular weight is 1140 g/mol. The zero-order valence-electron chi connectivity index (χ0n) is 47.8. The second-order valence-electron chi connectivity index (χ2n) is 21.1. The number of carbonyl (C=O) groups is 8. The number of carboxylic acid groups (broad SMARTS) is 1. The molecule has 0 aromatic heterocycles. The van der Waals surface area contributed by atoms with Gasteiger partial charge in [-0.25, -0.2) is 24.0 Å². The number of morpholine rings is 2. The maximum atomic E-state index is 13.8. The molecule has 2 saturated heterocycles. The van der Waals surface area contributed by atoms with Gasteiger partial charge in [0.2, 0.25) is 5.91 Å². The molecule has 2 aliphatic carbocycles. The number of aliphatic hydroxyl groups excluding tert-OH is 2. The molecule has 7 amide bonds. The van der Waals surface area contributed by atoms with E-state index in [0.717, 1.165) is 68.9 Å². The van der Waals surface area contributed by atoms with Gasteiger partial charge in [0.1, 0.15) is 29.3 Å². The Morgan fingerprint density at radius 2 is 0.975 bits per heavy atom. The van der Waals surface area contributed by atoms with Crippen molar-refractivity contribution in [3.63, 3.8) is 0 Å². The Morgan fingerprint density at radius 3 is 1.38 bits per heavy atom. The Bertz CT molecular complexity index is 2260. The fourth-order valence-electron chi connectivity index (χ4n) is 10.1. The second kappa shape index (κ2) is 35.5. The number of nitrogens with two attached hydrogens (primary N) is 1. The molecule has 6 rings (SSSR count). The van der Waals surface area contributed by atoms with Gasteiger partial charge in [-0.2, -0.15) is 0 Å². The van der Waals surface area contributed by atoms with Crippen molar-refractivity contribution in [2.75, 3.05) is 66.8 Å².